The van der Waals surface area contributed by atoms with Crippen molar-refractivity contribution in [2.24, 2.45) is 5.92 Å². The first-order valence-electron chi connectivity index (χ1n) is 9.70. The monoisotopic (exact) mass is 399 g/mol. The van der Waals surface area contributed by atoms with Gasteiger partial charge in [-0.15, -0.1) is 0 Å². The Labute approximate surface area is 168 Å². The van der Waals surface area contributed by atoms with Gasteiger partial charge in [-0.3, -0.25) is 14.5 Å². The van der Waals surface area contributed by atoms with E-state index < -0.39 is 0 Å². The lowest BCUT2D eigenvalue weighted by Crippen LogP contribution is -2.62. The first kappa shape index (κ1) is 19.0. The van der Waals surface area contributed by atoms with Crippen LogP contribution in [0.25, 0.3) is 0 Å². The number of piperidine rings is 3. The summed E-state index contributed by atoms with van der Waals surface area (Å²) < 4.78 is 5.85. The SMILES string of the molecule is CC(=O)Nc1ccc(Oc2ccc(C(=O)N[C@@H]3C4CCN(CC4)[C@H]3C)s2)cc1. The normalized spacial score (nSPS) is 25.9. The number of thiophene rings is 1. The predicted molar refractivity (Wildman–Crippen MR) is 110 cm³/mol. The van der Waals surface area contributed by atoms with Crippen LogP contribution in [0.4, 0.5) is 5.69 Å². The minimum Gasteiger partial charge on any atom is -0.447 e. The van der Waals surface area contributed by atoms with Gasteiger partial charge in [0.1, 0.15) is 5.75 Å². The van der Waals surface area contributed by atoms with E-state index in [1.165, 1.54) is 31.1 Å². The summed E-state index contributed by atoms with van der Waals surface area (Å²) in [6.07, 6.45) is 2.34. The molecule has 1 aromatic heterocycles. The van der Waals surface area contributed by atoms with Crippen molar-refractivity contribution in [1.82, 2.24) is 10.2 Å². The fourth-order valence-corrected chi connectivity index (χ4v) is 4.97. The Morgan fingerprint density at radius 1 is 1.11 bits per heavy atom. The van der Waals surface area contributed by atoms with Gasteiger partial charge >= 0.3 is 0 Å². The van der Waals surface area contributed by atoms with E-state index in [2.05, 4.69) is 22.5 Å². The molecule has 0 radical (unpaired) electrons. The number of hydrogen-bond acceptors (Lipinski definition) is 5. The zero-order valence-corrected chi connectivity index (χ0v) is 16.9. The Morgan fingerprint density at radius 3 is 2.46 bits per heavy atom. The molecule has 2 aromatic rings. The first-order valence-corrected chi connectivity index (χ1v) is 10.5. The number of carbonyl (C=O) groups is 2. The molecule has 3 saturated heterocycles. The molecule has 0 unspecified atom stereocenters. The molecule has 0 saturated carbocycles. The van der Waals surface area contributed by atoms with Gasteiger partial charge in [0.25, 0.3) is 5.91 Å². The molecule has 2 bridgehead atoms. The zero-order valence-electron chi connectivity index (χ0n) is 16.1. The molecule has 3 aliphatic rings. The second-order valence-corrected chi connectivity index (χ2v) is 8.59. The first-order chi connectivity index (χ1) is 13.5. The summed E-state index contributed by atoms with van der Waals surface area (Å²) in [4.78, 5) is 26.9. The molecule has 148 valence electrons. The van der Waals surface area contributed by atoms with Crippen LogP contribution in [-0.2, 0) is 4.79 Å². The van der Waals surface area contributed by atoms with Gasteiger partial charge in [-0.2, -0.15) is 0 Å². The maximum atomic E-state index is 12.7. The van der Waals surface area contributed by atoms with Gasteiger partial charge in [0.2, 0.25) is 5.91 Å². The third kappa shape index (κ3) is 4.05. The average Bonchev–Trinajstić information content (AvgIpc) is 3.15. The number of anilines is 1. The van der Waals surface area contributed by atoms with Crippen LogP contribution in [-0.4, -0.2) is 41.9 Å². The van der Waals surface area contributed by atoms with Gasteiger partial charge in [-0.05, 0) is 75.2 Å². The van der Waals surface area contributed by atoms with Crippen LogP contribution in [0.5, 0.6) is 10.8 Å². The van der Waals surface area contributed by atoms with E-state index in [1.54, 1.807) is 24.3 Å². The van der Waals surface area contributed by atoms with Crippen LogP contribution in [0.3, 0.4) is 0 Å². The molecule has 2 atom stereocenters. The second-order valence-electron chi connectivity index (χ2n) is 7.54. The number of amides is 2. The van der Waals surface area contributed by atoms with Gasteiger partial charge in [-0.25, -0.2) is 0 Å². The number of nitrogens with one attached hydrogen (secondary N) is 2. The molecule has 4 heterocycles. The minimum atomic E-state index is -0.111. The molecule has 3 aliphatic heterocycles. The largest absolute Gasteiger partial charge is 0.447 e. The number of benzene rings is 1. The van der Waals surface area contributed by atoms with Gasteiger partial charge in [0.05, 0.1) is 4.88 Å². The summed E-state index contributed by atoms with van der Waals surface area (Å²) in [6, 6.07) is 11.4. The highest BCUT2D eigenvalue weighted by molar-refractivity contribution is 7.15. The summed E-state index contributed by atoms with van der Waals surface area (Å²) in [5.41, 5.74) is 0.720. The van der Waals surface area contributed by atoms with E-state index in [0.717, 1.165) is 18.8 Å². The lowest BCUT2D eigenvalue weighted by molar-refractivity contribution is -0.114. The highest BCUT2D eigenvalue weighted by Gasteiger charge is 2.40. The van der Waals surface area contributed by atoms with Crippen LogP contribution in [0.1, 0.15) is 36.4 Å². The minimum absolute atomic E-state index is 0.0218. The number of rotatable bonds is 5. The van der Waals surface area contributed by atoms with Crippen molar-refractivity contribution in [3.63, 3.8) is 0 Å². The number of fused-ring (bicyclic) bond motifs is 3. The lowest BCUT2D eigenvalue weighted by atomic mass is 9.79. The Bertz CT molecular complexity index is 854. The van der Waals surface area contributed by atoms with Gasteiger partial charge < -0.3 is 15.4 Å². The van der Waals surface area contributed by atoms with E-state index in [9.17, 15) is 9.59 Å². The highest BCUT2D eigenvalue weighted by Crippen LogP contribution is 2.34. The molecule has 1 aromatic carbocycles. The molecule has 5 rings (SSSR count). The average molecular weight is 400 g/mol. The van der Waals surface area contributed by atoms with Crippen LogP contribution in [0, 0.1) is 5.92 Å². The van der Waals surface area contributed by atoms with E-state index in [-0.39, 0.29) is 17.9 Å². The van der Waals surface area contributed by atoms with Crippen molar-refractivity contribution in [2.75, 3.05) is 18.4 Å². The quantitative estimate of drug-likeness (QED) is 0.804. The summed E-state index contributed by atoms with van der Waals surface area (Å²) in [5, 5.41) is 6.64. The maximum Gasteiger partial charge on any atom is 0.261 e. The van der Waals surface area contributed by atoms with Crippen molar-refractivity contribution in [1.29, 1.82) is 0 Å². The predicted octanol–water partition coefficient (Wildman–Crippen LogP) is 3.71. The highest BCUT2D eigenvalue weighted by atomic mass is 32.1. The summed E-state index contributed by atoms with van der Waals surface area (Å²) >= 11 is 1.34. The zero-order chi connectivity index (χ0) is 19.7. The van der Waals surface area contributed by atoms with Crippen molar-refractivity contribution in [3.05, 3.63) is 41.3 Å². The lowest BCUT2D eigenvalue weighted by Gasteiger charge is -2.49. The fourth-order valence-electron chi connectivity index (χ4n) is 4.19. The van der Waals surface area contributed by atoms with E-state index in [1.807, 2.05) is 12.1 Å². The molecule has 28 heavy (non-hydrogen) atoms. The molecule has 7 heteroatoms. The number of ether oxygens (including phenoxy) is 1. The maximum absolute atomic E-state index is 12.7. The summed E-state index contributed by atoms with van der Waals surface area (Å²) in [5.74, 6) is 1.11. The third-order valence-electron chi connectivity index (χ3n) is 5.67. The summed E-state index contributed by atoms with van der Waals surface area (Å²) in [7, 11) is 0. The molecule has 0 aliphatic carbocycles. The molecule has 6 nitrogen and oxygen atoms in total. The van der Waals surface area contributed by atoms with Crippen LogP contribution in [0.2, 0.25) is 0 Å². The Kier molecular flexibility index (Phi) is 5.37. The van der Waals surface area contributed by atoms with Crippen molar-refractivity contribution in [2.45, 2.75) is 38.8 Å². The van der Waals surface area contributed by atoms with E-state index >= 15 is 0 Å². The Morgan fingerprint density at radius 2 is 1.82 bits per heavy atom. The number of hydrogen-bond donors (Lipinski definition) is 2. The van der Waals surface area contributed by atoms with Crippen LogP contribution < -0.4 is 15.4 Å². The summed E-state index contributed by atoms with van der Waals surface area (Å²) in [6.45, 7) is 5.98. The van der Waals surface area contributed by atoms with Crippen molar-refractivity contribution < 1.29 is 14.3 Å². The van der Waals surface area contributed by atoms with E-state index in [0.29, 0.717) is 27.6 Å². The van der Waals surface area contributed by atoms with Gasteiger partial charge in [0.15, 0.2) is 5.06 Å². The third-order valence-corrected chi connectivity index (χ3v) is 6.64. The van der Waals surface area contributed by atoms with Gasteiger partial charge in [0, 0.05) is 24.7 Å². The molecule has 2 N–H and O–H groups in total. The number of nitrogens with zero attached hydrogens (tertiary/aromatic N) is 1. The van der Waals surface area contributed by atoms with Gasteiger partial charge in [-0.1, -0.05) is 11.3 Å². The van der Waals surface area contributed by atoms with Crippen molar-refractivity contribution >= 4 is 28.8 Å². The topological polar surface area (TPSA) is 70.7 Å². The molecule has 0 spiro atoms. The van der Waals surface area contributed by atoms with E-state index in [4.69, 9.17) is 4.74 Å². The van der Waals surface area contributed by atoms with Crippen molar-refractivity contribution in [3.8, 4) is 10.8 Å². The smallest absolute Gasteiger partial charge is 0.261 e. The second kappa shape index (κ2) is 7.93. The standard InChI is InChI=1S/C21H25N3O3S/c1-13-20(15-9-11-24(13)12-10-15)23-21(26)18-7-8-19(28-18)27-17-5-3-16(4-6-17)22-14(2)25/h3-8,13,15,20H,9-12H2,1-2H3,(H,22,25)(H,23,26)/t13-,20-/m0/s1. The Hall–Kier alpha value is -2.38. The Balaban J connectivity index is 1.37. The molecule has 2 amide bonds. The molecular formula is C21H25N3O3S. The van der Waals surface area contributed by atoms with Crippen LogP contribution in [0.15, 0.2) is 36.4 Å². The molecular weight excluding hydrogens is 374 g/mol. The van der Waals surface area contributed by atoms with Crippen LogP contribution >= 0.6 is 11.3 Å². The molecule has 3 fully saturated rings. The fraction of sp³-hybridized carbons (Fsp3) is 0.429. The number of carbonyl (C=O) groups excluding carboxylic acids is 2.